The van der Waals surface area contributed by atoms with Gasteiger partial charge in [-0.25, -0.2) is 0 Å². The van der Waals surface area contributed by atoms with Crippen LogP contribution in [0.5, 0.6) is 0 Å². The monoisotopic (exact) mass is 350 g/mol. The molecule has 0 aliphatic carbocycles. The summed E-state index contributed by atoms with van der Waals surface area (Å²) in [5, 5.41) is 2.97. The Labute approximate surface area is 155 Å². The third-order valence-electron chi connectivity index (χ3n) is 4.82. The van der Waals surface area contributed by atoms with Gasteiger partial charge in [-0.1, -0.05) is 32.9 Å². The fourth-order valence-corrected chi connectivity index (χ4v) is 3.33. The lowest BCUT2D eigenvalue weighted by Crippen LogP contribution is -2.35. The number of fused-ring (bicyclic) bond motifs is 1. The predicted molar refractivity (Wildman–Crippen MR) is 106 cm³/mol. The second kappa shape index (κ2) is 7.73. The molecule has 0 bridgehead atoms. The Kier molecular flexibility index (Phi) is 5.40. The van der Waals surface area contributed by atoms with Gasteiger partial charge >= 0.3 is 0 Å². The molecule has 4 heteroatoms. The number of rotatable bonds is 5. The Hall–Kier alpha value is -2.62. The lowest BCUT2D eigenvalue weighted by atomic mass is 10.00. The first-order chi connectivity index (χ1) is 12.5. The number of benzene rings is 2. The maximum absolute atomic E-state index is 12.5. The molecule has 1 aliphatic rings. The zero-order chi connectivity index (χ0) is 18.7. The number of hydrogen-bond acceptors (Lipinski definition) is 2. The van der Waals surface area contributed by atoms with Crippen molar-refractivity contribution in [2.45, 2.75) is 46.0 Å². The van der Waals surface area contributed by atoms with Crippen LogP contribution < -0.4 is 10.2 Å². The number of nitrogens with one attached hydrogen (secondary N) is 1. The normalized spacial score (nSPS) is 13.7. The molecule has 0 spiro atoms. The molecule has 2 aromatic rings. The predicted octanol–water partition coefficient (Wildman–Crippen LogP) is 4.75. The molecule has 136 valence electrons. The summed E-state index contributed by atoms with van der Waals surface area (Å²) in [4.78, 5) is 26.5. The van der Waals surface area contributed by atoms with E-state index in [1.54, 1.807) is 0 Å². The molecule has 0 radical (unpaired) electrons. The molecule has 3 rings (SSSR count). The van der Waals surface area contributed by atoms with Crippen molar-refractivity contribution in [3.05, 3.63) is 59.2 Å². The average Bonchev–Trinajstić information content (AvgIpc) is 2.64. The number of carbonyl (C=O) groups excluding carboxylic acids is 2. The van der Waals surface area contributed by atoms with Crippen molar-refractivity contribution < 1.29 is 9.59 Å². The van der Waals surface area contributed by atoms with E-state index in [2.05, 4.69) is 26.1 Å². The lowest BCUT2D eigenvalue weighted by molar-refractivity contribution is -0.118. The van der Waals surface area contributed by atoms with E-state index in [-0.39, 0.29) is 11.8 Å². The number of amides is 2. The summed E-state index contributed by atoms with van der Waals surface area (Å²) in [6, 6.07) is 13.5. The van der Waals surface area contributed by atoms with Crippen molar-refractivity contribution in [2.75, 3.05) is 16.8 Å². The van der Waals surface area contributed by atoms with Crippen molar-refractivity contribution in [3.8, 4) is 0 Å². The number of nitrogens with zero attached hydrogens (tertiary/aromatic N) is 1. The highest BCUT2D eigenvalue weighted by Crippen LogP contribution is 2.30. The van der Waals surface area contributed by atoms with E-state index < -0.39 is 0 Å². The Bertz CT molecular complexity index is 809. The maximum Gasteiger partial charge on any atom is 0.255 e. The van der Waals surface area contributed by atoms with Crippen LogP contribution in [0.1, 0.15) is 61.0 Å². The number of carbonyl (C=O) groups is 2. The largest absolute Gasteiger partial charge is 0.322 e. The lowest BCUT2D eigenvalue weighted by Gasteiger charge is -2.29. The van der Waals surface area contributed by atoms with Gasteiger partial charge in [0.15, 0.2) is 0 Å². The van der Waals surface area contributed by atoms with Crippen LogP contribution in [0, 0.1) is 0 Å². The van der Waals surface area contributed by atoms with Crippen LogP contribution >= 0.6 is 0 Å². The number of anilines is 2. The van der Waals surface area contributed by atoms with Crippen LogP contribution in [-0.4, -0.2) is 18.4 Å². The molecule has 1 aliphatic heterocycles. The molecule has 0 aromatic heterocycles. The minimum atomic E-state index is -0.113. The molecular formula is C22H26N2O2. The molecule has 4 nitrogen and oxygen atoms in total. The van der Waals surface area contributed by atoms with Gasteiger partial charge in [-0.2, -0.15) is 0 Å². The summed E-state index contributed by atoms with van der Waals surface area (Å²) in [7, 11) is 0. The third kappa shape index (κ3) is 3.79. The van der Waals surface area contributed by atoms with Gasteiger partial charge in [-0.05, 0) is 60.2 Å². The summed E-state index contributed by atoms with van der Waals surface area (Å²) in [5.74, 6) is 0.514. The van der Waals surface area contributed by atoms with Gasteiger partial charge in [0, 0.05) is 29.9 Å². The van der Waals surface area contributed by atoms with Crippen LogP contribution in [-0.2, 0) is 11.2 Å². The summed E-state index contributed by atoms with van der Waals surface area (Å²) < 4.78 is 0. The molecule has 0 saturated carbocycles. The zero-order valence-electron chi connectivity index (χ0n) is 15.7. The van der Waals surface area contributed by atoms with Crippen molar-refractivity contribution in [3.63, 3.8) is 0 Å². The van der Waals surface area contributed by atoms with Crippen LogP contribution in [0.4, 0.5) is 11.4 Å². The van der Waals surface area contributed by atoms with E-state index in [0.717, 1.165) is 36.3 Å². The van der Waals surface area contributed by atoms with E-state index in [4.69, 9.17) is 0 Å². The van der Waals surface area contributed by atoms with Crippen LogP contribution in [0.3, 0.4) is 0 Å². The Balaban J connectivity index is 1.76. The van der Waals surface area contributed by atoms with Gasteiger partial charge in [0.2, 0.25) is 5.91 Å². The van der Waals surface area contributed by atoms with Gasteiger partial charge in [0.1, 0.15) is 0 Å². The van der Waals surface area contributed by atoms with Crippen LogP contribution in [0.15, 0.2) is 42.5 Å². The highest BCUT2D eigenvalue weighted by molar-refractivity contribution is 6.04. The number of hydrogen-bond donors (Lipinski definition) is 1. The molecule has 0 saturated heterocycles. The van der Waals surface area contributed by atoms with Gasteiger partial charge in [-0.15, -0.1) is 0 Å². The SMILES string of the molecule is CCCN1C(=O)CCc2cc(NC(=O)c3ccc(C(C)C)cc3)ccc21. The first kappa shape index (κ1) is 18.2. The second-order valence-corrected chi connectivity index (χ2v) is 7.12. The molecular weight excluding hydrogens is 324 g/mol. The summed E-state index contributed by atoms with van der Waals surface area (Å²) in [5.41, 5.74) is 4.73. The third-order valence-corrected chi connectivity index (χ3v) is 4.82. The van der Waals surface area contributed by atoms with Gasteiger partial charge in [-0.3, -0.25) is 9.59 Å². The molecule has 0 fully saturated rings. The Morgan fingerprint density at radius 3 is 2.50 bits per heavy atom. The second-order valence-electron chi connectivity index (χ2n) is 7.12. The fourth-order valence-electron chi connectivity index (χ4n) is 3.33. The zero-order valence-corrected chi connectivity index (χ0v) is 15.7. The van der Waals surface area contributed by atoms with E-state index in [1.807, 2.05) is 47.4 Å². The highest BCUT2D eigenvalue weighted by atomic mass is 16.2. The van der Waals surface area contributed by atoms with Crippen LogP contribution in [0.2, 0.25) is 0 Å². The summed E-state index contributed by atoms with van der Waals surface area (Å²) in [6.07, 6.45) is 2.18. The van der Waals surface area contributed by atoms with Gasteiger partial charge in [0.25, 0.3) is 5.91 Å². The molecule has 0 unspecified atom stereocenters. The van der Waals surface area contributed by atoms with Crippen molar-refractivity contribution in [2.24, 2.45) is 0 Å². The number of aryl methyl sites for hydroxylation is 1. The molecule has 0 atom stereocenters. The van der Waals surface area contributed by atoms with Gasteiger partial charge in [0.05, 0.1) is 0 Å². The molecule has 2 aromatic carbocycles. The first-order valence-corrected chi connectivity index (χ1v) is 9.34. The van der Waals surface area contributed by atoms with E-state index in [0.29, 0.717) is 17.9 Å². The van der Waals surface area contributed by atoms with Gasteiger partial charge < -0.3 is 10.2 Å². The van der Waals surface area contributed by atoms with E-state index in [9.17, 15) is 9.59 Å². The first-order valence-electron chi connectivity index (χ1n) is 9.34. The molecule has 1 heterocycles. The summed E-state index contributed by atoms with van der Waals surface area (Å²) >= 11 is 0. The van der Waals surface area contributed by atoms with E-state index in [1.165, 1.54) is 5.56 Å². The standard InChI is InChI=1S/C22H26N2O2/c1-4-13-24-20-11-10-19(14-18(20)9-12-21(24)25)23-22(26)17-7-5-16(6-8-17)15(2)3/h5-8,10-11,14-15H,4,9,12-13H2,1-3H3,(H,23,26). The minimum Gasteiger partial charge on any atom is -0.322 e. The topological polar surface area (TPSA) is 49.4 Å². The quantitative estimate of drug-likeness (QED) is 0.846. The smallest absolute Gasteiger partial charge is 0.255 e. The average molecular weight is 350 g/mol. The van der Waals surface area contributed by atoms with Crippen molar-refractivity contribution in [1.82, 2.24) is 0 Å². The summed E-state index contributed by atoms with van der Waals surface area (Å²) in [6.45, 7) is 7.07. The Morgan fingerprint density at radius 1 is 1.12 bits per heavy atom. The van der Waals surface area contributed by atoms with Crippen LogP contribution in [0.25, 0.3) is 0 Å². The Morgan fingerprint density at radius 2 is 1.85 bits per heavy atom. The fraction of sp³-hybridized carbons (Fsp3) is 0.364. The maximum atomic E-state index is 12.5. The van der Waals surface area contributed by atoms with Crippen molar-refractivity contribution in [1.29, 1.82) is 0 Å². The van der Waals surface area contributed by atoms with E-state index >= 15 is 0 Å². The minimum absolute atomic E-state index is 0.113. The molecule has 1 N–H and O–H groups in total. The van der Waals surface area contributed by atoms with Crippen molar-refractivity contribution >= 4 is 23.2 Å². The molecule has 2 amide bonds. The highest BCUT2D eigenvalue weighted by Gasteiger charge is 2.23. The molecule has 26 heavy (non-hydrogen) atoms.